The average molecular weight is 402 g/mol. The van der Waals surface area contributed by atoms with Gasteiger partial charge in [-0.05, 0) is 35.9 Å². The summed E-state index contributed by atoms with van der Waals surface area (Å²) in [5.41, 5.74) is -0.416. The molecule has 3 aromatic rings. The van der Waals surface area contributed by atoms with Crippen molar-refractivity contribution in [3.8, 4) is 0 Å². The van der Waals surface area contributed by atoms with E-state index in [-0.39, 0.29) is 6.54 Å². The predicted molar refractivity (Wildman–Crippen MR) is 106 cm³/mol. The molecule has 2 heterocycles. The van der Waals surface area contributed by atoms with Gasteiger partial charge in [0.05, 0.1) is 24.8 Å². The molecule has 0 aliphatic carbocycles. The van der Waals surface area contributed by atoms with Crippen LogP contribution in [0.1, 0.15) is 10.4 Å². The molecule has 0 radical (unpaired) electrons. The number of carbonyl (C=O) groups excluding carboxylic acids is 2. The van der Waals surface area contributed by atoms with Gasteiger partial charge in [-0.25, -0.2) is 0 Å². The molecule has 6 nitrogen and oxygen atoms in total. The Bertz CT molecular complexity index is 873. The third-order valence-corrected chi connectivity index (χ3v) is 5.81. The highest BCUT2D eigenvalue weighted by atomic mass is 32.2. The van der Waals surface area contributed by atoms with E-state index < -0.39 is 17.4 Å². The van der Waals surface area contributed by atoms with Gasteiger partial charge in [-0.1, -0.05) is 18.2 Å². The molecular weight excluding hydrogens is 384 g/mol. The van der Waals surface area contributed by atoms with Gasteiger partial charge in [-0.2, -0.15) is 0 Å². The molecule has 1 aromatic carbocycles. The number of anilines is 1. The summed E-state index contributed by atoms with van der Waals surface area (Å²) in [6.07, 6.45) is 4.75. The second-order valence-corrected chi connectivity index (χ2v) is 7.48. The fraction of sp³-hybridized carbons (Fsp3) is 0.158. The Morgan fingerprint density at radius 3 is 2.67 bits per heavy atom. The van der Waals surface area contributed by atoms with Crippen LogP contribution in [0, 0.1) is 0 Å². The van der Waals surface area contributed by atoms with Crippen LogP contribution in [-0.2, 0) is 15.2 Å². The van der Waals surface area contributed by atoms with Crippen molar-refractivity contribution < 1.29 is 19.1 Å². The molecule has 0 fully saturated rings. The molecule has 0 spiro atoms. The topological polar surface area (TPSA) is 91.6 Å². The molecule has 1 atom stereocenters. The molecule has 0 unspecified atom stereocenters. The normalized spacial score (nSPS) is 13.0. The van der Waals surface area contributed by atoms with Crippen LogP contribution in [0.25, 0.3) is 0 Å². The minimum atomic E-state index is -1.48. The fourth-order valence-corrected chi connectivity index (χ4v) is 3.96. The Morgan fingerprint density at radius 2 is 2.00 bits per heavy atom. The first-order valence-electron chi connectivity index (χ1n) is 8.06. The Balaban J connectivity index is 1.70. The summed E-state index contributed by atoms with van der Waals surface area (Å²) in [6, 6.07) is 12.4. The highest BCUT2D eigenvalue weighted by molar-refractivity contribution is 7.98. The zero-order chi connectivity index (χ0) is 19.3. The van der Waals surface area contributed by atoms with E-state index >= 15 is 0 Å². The smallest absolute Gasteiger partial charge is 0.313 e. The number of rotatable bonds is 6. The molecule has 0 aliphatic heterocycles. The van der Waals surface area contributed by atoms with Gasteiger partial charge in [0.1, 0.15) is 5.60 Å². The van der Waals surface area contributed by atoms with Crippen LogP contribution in [0.5, 0.6) is 0 Å². The van der Waals surface area contributed by atoms with Crippen molar-refractivity contribution in [1.82, 2.24) is 5.32 Å². The molecule has 8 heteroatoms. The van der Waals surface area contributed by atoms with Crippen LogP contribution in [0.3, 0.4) is 0 Å². The fourth-order valence-electron chi connectivity index (χ4n) is 2.56. The zero-order valence-electron chi connectivity index (χ0n) is 14.5. The van der Waals surface area contributed by atoms with E-state index in [2.05, 4.69) is 10.6 Å². The molecule has 2 amide bonds. The minimum Gasteiger partial charge on any atom is -0.472 e. The Hall–Kier alpha value is -2.55. The van der Waals surface area contributed by atoms with Crippen LogP contribution in [0.15, 0.2) is 69.7 Å². The summed E-state index contributed by atoms with van der Waals surface area (Å²) in [5.74, 6) is -1.62. The number of hydrogen-bond donors (Lipinski definition) is 3. The number of para-hydroxylation sites is 1. The van der Waals surface area contributed by atoms with E-state index in [1.807, 2.05) is 23.8 Å². The maximum atomic E-state index is 12.3. The van der Waals surface area contributed by atoms with Gasteiger partial charge in [-0.15, -0.1) is 23.1 Å². The van der Waals surface area contributed by atoms with Gasteiger partial charge in [-0.3, -0.25) is 9.59 Å². The lowest BCUT2D eigenvalue weighted by atomic mass is 9.94. The molecule has 3 rings (SSSR count). The van der Waals surface area contributed by atoms with Gasteiger partial charge in [0.2, 0.25) is 0 Å². The number of thioether (sulfide) groups is 1. The molecule has 0 bridgehead atoms. The van der Waals surface area contributed by atoms with Crippen LogP contribution >= 0.6 is 23.1 Å². The molecule has 3 N–H and O–H groups in total. The number of aliphatic hydroxyl groups is 1. The lowest BCUT2D eigenvalue weighted by molar-refractivity contribution is -0.136. The first-order valence-corrected chi connectivity index (χ1v) is 10.2. The standard InChI is InChI=1S/C19H18N2O4S2/c1-26-15-6-3-2-5-14(15)21-18(23)17(22)20-12-19(24,13-8-9-25-11-13)16-7-4-10-27-16/h2-11,24H,12H2,1H3,(H,20,22)(H,21,23)/t19-/m0/s1. The van der Waals surface area contributed by atoms with Crippen molar-refractivity contribution in [3.05, 3.63) is 70.8 Å². The molecule has 2 aromatic heterocycles. The van der Waals surface area contributed by atoms with Crippen molar-refractivity contribution in [2.45, 2.75) is 10.5 Å². The number of nitrogens with one attached hydrogen (secondary N) is 2. The third kappa shape index (κ3) is 4.24. The van der Waals surface area contributed by atoms with Crippen molar-refractivity contribution in [2.75, 3.05) is 18.1 Å². The summed E-state index contributed by atoms with van der Waals surface area (Å²) in [4.78, 5) is 26.0. The third-order valence-electron chi connectivity index (χ3n) is 3.99. The molecular formula is C19H18N2O4S2. The quantitative estimate of drug-likeness (QED) is 0.435. The largest absolute Gasteiger partial charge is 0.472 e. The number of benzene rings is 1. The van der Waals surface area contributed by atoms with Gasteiger partial charge >= 0.3 is 11.8 Å². The summed E-state index contributed by atoms with van der Waals surface area (Å²) < 4.78 is 5.07. The minimum absolute atomic E-state index is 0.163. The Labute approximate surface area is 164 Å². The number of furan rings is 1. The predicted octanol–water partition coefficient (Wildman–Crippen LogP) is 3.05. The SMILES string of the molecule is CSc1ccccc1NC(=O)C(=O)NC[C@](O)(c1ccoc1)c1cccs1. The van der Waals surface area contributed by atoms with E-state index in [1.165, 1.54) is 35.6 Å². The van der Waals surface area contributed by atoms with Gasteiger partial charge in [0, 0.05) is 15.3 Å². The highest BCUT2D eigenvalue weighted by Crippen LogP contribution is 2.32. The number of hydrogen-bond acceptors (Lipinski definition) is 6. The van der Waals surface area contributed by atoms with E-state index in [0.29, 0.717) is 16.1 Å². The van der Waals surface area contributed by atoms with Gasteiger partial charge in [0.25, 0.3) is 0 Å². The molecule has 27 heavy (non-hydrogen) atoms. The first kappa shape index (κ1) is 19.2. The number of carbonyl (C=O) groups is 2. The second kappa shape index (κ2) is 8.43. The molecule has 140 valence electrons. The monoisotopic (exact) mass is 402 g/mol. The zero-order valence-corrected chi connectivity index (χ0v) is 16.1. The summed E-state index contributed by atoms with van der Waals surface area (Å²) in [7, 11) is 0. The van der Waals surface area contributed by atoms with Crippen LogP contribution in [0.4, 0.5) is 5.69 Å². The van der Waals surface area contributed by atoms with Crippen molar-refractivity contribution in [1.29, 1.82) is 0 Å². The first-order chi connectivity index (χ1) is 13.0. The van der Waals surface area contributed by atoms with Crippen LogP contribution in [-0.4, -0.2) is 29.7 Å². The van der Waals surface area contributed by atoms with Crippen molar-refractivity contribution in [3.63, 3.8) is 0 Å². The Morgan fingerprint density at radius 1 is 1.19 bits per heavy atom. The lowest BCUT2D eigenvalue weighted by Gasteiger charge is -2.26. The lowest BCUT2D eigenvalue weighted by Crippen LogP contribution is -2.44. The number of amides is 2. The summed E-state index contributed by atoms with van der Waals surface area (Å²) in [5, 5.41) is 18.1. The average Bonchev–Trinajstić information content (AvgIpc) is 3.40. The van der Waals surface area contributed by atoms with Crippen LogP contribution in [0.2, 0.25) is 0 Å². The van der Waals surface area contributed by atoms with Crippen molar-refractivity contribution in [2.24, 2.45) is 0 Å². The van der Waals surface area contributed by atoms with Gasteiger partial charge in [0.15, 0.2) is 0 Å². The molecule has 0 aliphatic rings. The van der Waals surface area contributed by atoms with Crippen LogP contribution < -0.4 is 10.6 Å². The second-order valence-electron chi connectivity index (χ2n) is 5.69. The van der Waals surface area contributed by atoms with E-state index in [4.69, 9.17) is 4.42 Å². The van der Waals surface area contributed by atoms with Gasteiger partial charge < -0.3 is 20.2 Å². The number of thiophene rings is 1. The highest BCUT2D eigenvalue weighted by Gasteiger charge is 2.35. The van der Waals surface area contributed by atoms with Crippen molar-refractivity contribution >= 4 is 40.6 Å². The van der Waals surface area contributed by atoms with E-state index in [0.717, 1.165) is 4.90 Å². The summed E-state index contributed by atoms with van der Waals surface area (Å²) in [6.45, 7) is -0.163. The summed E-state index contributed by atoms with van der Waals surface area (Å²) >= 11 is 2.82. The maximum absolute atomic E-state index is 12.3. The molecule has 0 saturated heterocycles. The molecule has 0 saturated carbocycles. The Kier molecular flexibility index (Phi) is 6.00. The van der Waals surface area contributed by atoms with E-state index in [9.17, 15) is 14.7 Å². The van der Waals surface area contributed by atoms with E-state index in [1.54, 1.807) is 30.3 Å². The maximum Gasteiger partial charge on any atom is 0.313 e.